The number of fused-ring (bicyclic) bond motifs is 4. The SMILES string of the molecule is CC(=O)O[C@@H](C1CC[C@H]2C(O1)[C@H](O)C1C3CC[C@H]4C(C)(C)CCCC45C[C@@]35CCC12C)C(C)(C)O. The minimum Gasteiger partial charge on any atom is -0.457 e. The van der Waals surface area contributed by atoms with Gasteiger partial charge < -0.3 is 19.7 Å². The van der Waals surface area contributed by atoms with Crippen molar-refractivity contribution in [3.8, 4) is 0 Å². The molecule has 5 heteroatoms. The van der Waals surface area contributed by atoms with Crippen LogP contribution in [0, 0.1) is 45.3 Å². The van der Waals surface area contributed by atoms with Gasteiger partial charge in [0.25, 0.3) is 0 Å². The van der Waals surface area contributed by atoms with Crippen LogP contribution >= 0.6 is 0 Å². The second-order valence-corrected chi connectivity index (χ2v) is 15.1. The number of rotatable bonds is 3. The maximum Gasteiger partial charge on any atom is 0.303 e. The van der Waals surface area contributed by atoms with E-state index in [9.17, 15) is 15.0 Å². The van der Waals surface area contributed by atoms with Gasteiger partial charge in [0, 0.05) is 6.92 Å². The first-order chi connectivity index (χ1) is 16.3. The van der Waals surface area contributed by atoms with E-state index < -0.39 is 23.8 Å². The van der Waals surface area contributed by atoms with E-state index in [4.69, 9.17) is 9.47 Å². The van der Waals surface area contributed by atoms with Crippen molar-refractivity contribution in [2.45, 2.75) is 136 Å². The largest absolute Gasteiger partial charge is 0.457 e. The van der Waals surface area contributed by atoms with Crippen LogP contribution in [0.15, 0.2) is 0 Å². The smallest absolute Gasteiger partial charge is 0.303 e. The van der Waals surface area contributed by atoms with E-state index in [-0.39, 0.29) is 17.6 Å². The van der Waals surface area contributed by atoms with Crippen molar-refractivity contribution >= 4 is 5.97 Å². The minimum absolute atomic E-state index is 0.109. The summed E-state index contributed by atoms with van der Waals surface area (Å²) in [6, 6.07) is 0. The molecule has 5 saturated carbocycles. The van der Waals surface area contributed by atoms with E-state index in [0.29, 0.717) is 34.0 Å². The van der Waals surface area contributed by atoms with Crippen molar-refractivity contribution in [3.05, 3.63) is 0 Å². The summed E-state index contributed by atoms with van der Waals surface area (Å²) in [7, 11) is 0. The maximum atomic E-state index is 11.9. The molecule has 0 aromatic heterocycles. The first-order valence-electron chi connectivity index (χ1n) is 14.5. The van der Waals surface area contributed by atoms with Gasteiger partial charge in [0.1, 0.15) is 0 Å². The number of hydrogen-bond donors (Lipinski definition) is 2. The molecular weight excluding hydrogens is 440 g/mol. The van der Waals surface area contributed by atoms with E-state index in [1.54, 1.807) is 13.8 Å². The third-order valence-corrected chi connectivity index (χ3v) is 12.7. The van der Waals surface area contributed by atoms with E-state index >= 15 is 0 Å². The summed E-state index contributed by atoms with van der Waals surface area (Å²) in [6.07, 6.45) is 10.6. The van der Waals surface area contributed by atoms with Crippen LogP contribution in [0.5, 0.6) is 0 Å². The number of aliphatic hydroxyl groups excluding tert-OH is 1. The molecule has 2 spiro atoms. The summed E-state index contributed by atoms with van der Waals surface area (Å²) in [5.41, 5.74) is 0.336. The summed E-state index contributed by atoms with van der Waals surface area (Å²) < 4.78 is 12.2. The van der Waals surface area contributed by atoms with Crippen LogP contribution in [-0.4, -0.2) is 46.2 Å². The van der Waals surface area contributed by atoms with Crippen LogP contribution in [0.4, 0.5) is 0 Å². The molecule has 6 aliphatic rings. The minimum atomic E-state index is -1.19. The molecule has 35 heavy (non-hydrogen) atoms. The maximum absolute atomic E-state index is 11.9. The van der Waals surface area contributed by atoms with Crippen LogP contribution in [0.25, 0.3) is 0 Å². The molecule has 0 bridgehead atoms. The van der Waals surface area contributed by atoms with Crippen molar-refractivity contribution in [2.24, 2.45) is 45.3 Å². The van der Waals surface area contributed by atoms with Gasteiger partial charge in [-0.1, -0.05) is 27.2 Å². The Kier molecular flexibility index (Phi) is 5.27. The predicted molar refractivity (Wildman–Crippen MR) is 133 cm³/mol. The Bertz CT molecular complexity index is 892. The van der Waals surface area contributed by atoms with Gasteiger partial charge in [0.05, 0.1) is 23.9 Å². The monoisotopic (exact) mass is 488 g/mol. The summed E-state index contributed by atoms with van der Waals surface area (Å²) >= 11 is 0. The zero-order valence-electron chi connectivity index (χ0n) is 22.8. The van der Waals surface area contributed by atoms with Crippen LogP contribution in [0.1, 0.15) is 106 Å². The second-order valence-electron chi connectivity index (χ2n) is 15.1. The van der Waals surface area contributed by atoms with Crippen molar-refractivity contribution in [2.75, 3.05) is 0 Å². The fraction of sp³-hybridized carbons (Fsp3) is 0.967. The molecule has 0 aromatic rings. The molecular formula is C30H48O5. The molecule has 1 saturated heterocycles. The lowest BCUT2D eigenvalue weighted by atomic mass is 9.46. The molecule has 0 amide bonds. The molecule has 0 radical (unpaired) electrons. The number of aliphatic hydroxyl groups is 2. The highest BCUT2D eigenvalue weighted by atomic mass is 16.6. The van der Waals surface area contributed by atoms with Crippen molar-refractivity contribution < 1.29 is 24.5 Å². The number of carbonyl (C=O) groups is 1. The fourth-order valence-electron chi connectivity index (χ4n) is 11.5. The molecule has 2 N–H and O–H groups in total. The average molecular weight is 489 g/mol. The third-order valence-electron chi connectivity index (χ3n) is 12.7. The summed E-state index contributed by atoms with van der Waals surface area (Å²) in [5, 5.41) is 22.7. The molecule has 5 nitrogen and oxygen atoms in total. The highest BCUT2D eigenvalue weighted by Gasteiger charge is 2.81. The lowest BCUT2D eigenvalue weighted by molar-refractivity contribution is -0.207. The summed E-state index contributed by atoms with van der Waals surface area (Å²) in [6.45, 7) is 12.2. The Morgan fingerprint density at radius 3 is 2.40 bits per heavy atom. The van der Waals surface area contributed by atoms with Crippen LogP contribution in [0.2, 0.25) is 0 Å². The zero-order chi connectivity index (χ0) is 25.2. The van der Waals surface area contributed by atoms with Crippen molar-refractivity contribution in [1.29, 1.82) is 0 Å². The topological polar surface area (TPSA) is 76.0 Å². The number of carbonyl (C=O) groups excluding carboxylic acids is 1. The van der Waals surface area contributed by atoms with Gasteiger partial charge >= 0.3 is 5.97 Å². The lowest BCUT2D eigenvalue weighted by Crippen LogP contribution is -2.53. The highest BCUT2D eigenvalue weighted by molar-refractivity contribution is 5.66. The Hall–Kier alpha value is -0.650. The van der Waals surface area contributed by atoms with Gasteiger partial charge in [-0.05, 0) is 117 Å². The van der Waals surface area contributed by atoms with Gasteiger partial charge in [0.15, 0.2) is 6.10 Å². The summed E-state index contributed by atoms with van der Waals surface area (Å²) in [4.78, 5) is 11.8. The van der Waals surface area contributed by atoms with E-state index in [0.717, 1.165) is 18.8 Å². The average Bonchev–Trinajstić information content (AvgIpc) is 3.36. The van der Waals surface area contributed by atoms with E-state index in [2.05, 4.69) is 20.8 Å². The molecule has 6 unspecified atom stereocenters. The molecule has 6 fully saturated rings. The van der Waals surface area contributed by atoms with E-state index in [1.165, 1.54) is 58.3 Å². The van der Waals surface area contributed by atoms with Gasteiger partial charge in [0.2, 0.25) is 0 Å². The standard InChI is InChI=1S/C30H48O5/c1-17(31)34-25(27(4,5)33)20-10-8-19-24(35-20)23(32)22-18-9-11-21-26(2,3)12-7-13-30(21)16-29(18,30)15-14-28(19,22)6/h18-25,32-33H,7-16H2,1-6H3/t18?,19-,20?,21-,22?,23+,24?,25-,28?,29-,30?/m0/s1. The predicted octanol–water partition coefficient (Wildman–Crippen LogP) is 5.26. The Morgan fingerprint density at radius 2 is 1.71 bits per heavy atom. The summed E-state index contributed by atoms with van der Waals surface area (Å²) in [5.74, 6) is 1.69. The molecule has 1 aliphatic heterocycles. The van der Waals surface area contributed by atoms with Crippen molar-refractivity contribution in [3.63, 3.8) is 0 Å². The normalized spacial score (nSPS) is 52.7. The quantitative estimate of drug-likeness (QED) is 0.530. The second kappa shape index (κ2) is 7.47. The van der Waals surface area contributed by atoms with Gasteiger partial charge in [-0.25, -0.2) is 0 Å². The molecule has 0 aromatic carbocycles. The van der Waals surface area contributed by atoms with Crippen molar-refractivity contribution in [1.82, 2.24) is 0 Å². The first kappa shape index (κ1) is 24.7. The molecule has 6 rings (SSSR count). The van der Waals surface area contributed by atoms with Gasteiger partial charge in [-0.3, -0.25) is 4.79 Å². The Morgan fingerprint density at radius 1 is 1.00 bits per heavy atom. The van der Waals surface area contributed by atoms with Crippen LogP contribution < -0.4 is 0 Å². The highest BCUT2D eigenvalue weighted by Crippen LogP contribution is 2.87. The van der Waals surface area contributed by atoms with Gasteiger partial charge in [-0.15, -0.1) is 0 Å². The Balaban J connectivity index is 1.28. The van der Waals surface area contributed by atoms with Crippen LogP contribution in [-0.2, 0) is 14.3 Å². The lowest BCUT2D eigenvalue weighted by Gasteiger charge is -2.58. The molecule has 1 heterocycles. The van der Waals surface area contributed by atoms with Gasteiger partial charge in [-0.2, -0.15) is 0 Å². The molecule has 5 aliphatic carbocycles. The third kappa shape index (κ3) is 3.19. The number of esters is 1. The van der Waals surface area contributed by atoms with E-state index in [1.807, 2.05) is 0 Å². The van der Waals surface area contributed by atoms with Crippen LogP contribution in [0.3, 0.4) is 0 Å². The fourth-order valence-corrected chi connectivity index (χ4v) is 11.5. The number of ether oxygens (including phenoxy) is 2. The molecule has 198 valence electrons. The zero-order valence-corrected chi connectivity index (χ0v) is 22.8. The molecule has 11 atom stereocenters. The first-order valence-corrected chi connectivity index (χ1v) is 14.5. The Labute approximate surface area is 211 Å². The number of hydrogen-bond acceptors (Lipinski definition) is 5.